The van der Waals surface area contributed by atoms with Crippen molar-refractivity contribution in [2.24, 2.45) is 0 Å². The number of hydrogen-bond acceptors (Lipinski definition) is 5. The van der Waals surface area contributed by atoms with Crippen molar-refractivity contribution >= 4 is 23.2 Å². The second-order valence-corrected chi connectivity index (χ2v) is 5.61. The van der Waals surface area contributed by atoms with E-state index in [1.54, 1.807) is 24.3 Å². The number of benzene rings is 2. The highest BCUT2D eigenvalue weighted by Gasteiger charge is 2.14. The summed E-state index contributed by atoms with van der Waals surface area (Å²) in [6, 6.07) is 11.9. The summed E-state index contributed by atoms with van der Waals surface area (Å²) in [6.07, 6.45) is 0.691. The van der Waals surface area contributed by atoms with E-state index in [1.165, 1.54) is 24.3 Å². The molecule has 2 rings (SSSR count). The molecule has 142 valence electrons. The first kappa shape index (κ1) is 20.1. The van der Waals surface area contributed by atoms with Crippen LogP contribution in [0.25, 0.3) is 0 Å². The van der Waals surface area contributed by atoms with Crippen LogP contribution in [0.15, 0.2) is 48.5 Å². The monoisotopic (exact) mass is 371 g/mol. The van der Waals surface area contributed by atoms with Crippen molar-refractivity contribution in [1.82, 2.24) is 5.32 Å². The van der Waals surface area contributed by atoms with Gasteiger partial charge in [0.05, 0.1) is 16.2 Å². The first-order chi connectivity index (χ1) is 13.0. The van der Waals surface area contributed by atoms with Crippen LogP contribution in [-0.2, 0) is 4.74 Å². The Morgan fingerprint density at radius 2 is 1.78 bits per heavy atom. The van der Waals surface area contributed by atoms with Crippen molar-refractivity contribution in [3.05, 3.63) is 69.8 Å². The number of amides is 2. The largest absolute Gasteiger partial charge is 0.382 e. The maximum Gasteiger partial charge on any atom is 0.269 e. The number of non-ortho nitro benzene ring substituents is 1. The molecule has 0 heterocycles. The van der Waals surface area contributed by atoms with Crippen LogP contribution in [0.4, 0.5) is 11.4 Å². The van der Waals surface area contributed by atoms with E-state index in [1.807, 2.05) is 6.92 Å². The van der Waals surface area contributed by atoms with Crippen molar-refractivity contribution in [3.8, 4) is 0 Å². The van der Waals surface area contributed by atoms with Crippen LogP contribution in [0.1, 0.15) is 34.1 Å². The minimum absolute atomic E-state index is 0.0987. The van der Waals surface area contributed by atoms with Gasteiger partial charge in [0.25, 0.3) is 17.5 Å². The van der Waals surface area contributed by atoms with Gasteiger partial charge in [-0.05, 0) is 37.6 Å². The number of nitrogens with one attached hydrogen (secondary N) is 2. The van der Waals surface area contributed by atoms with E-state index >= 15 is 0 Å². The third-order valence-electron chi connectivity index (χ3n) is 3.72. The zero-order chi connectivity index (χ0) is 19.6. The molecule has 0 saturated heterocycles. The maximum absolute atomic E-state index is 12.4. The van der Waals surface area contributed by atoms with Gasteiger partial charge < -0.3 is 15.4 Å². The molecule has 0 aliphatic rings. The average molecular weight is 371 g/mol. The lowest BCUT2D eigenvalue weighted by Gasteiger charge is -2.11. The third kappa shape index (κ3) is 5.89. The maximum atomic E-state index is 12.4. The predicted molar refractivity (Wildman–Crippen MR) is 101 cm³/mol. The topological polar surface area (TPSA) is 111 Å². The van der Waals surface area contributed by atoms with Crippen molar-refractivity contribution in [3.63, 3.8) is 0 Å². The van der Waals surface area contributed by atoms with Gasteiger partial charge in [0, 0.05) is 37.5 Å². The van der Waals surface area contributed by atoms with Crippen molar-refractivity contribution in [1.29, 1.82) is 0 Å². The Labute approximate surface area is 156 Å². The summed E-state index contributed by atoms with van der Waals surface area (Å²) in [5, 5.41) is 16.1. The number of carbonyl (C=O) groups excluding carboxylic acids is 2. The number of rotatable bonds is 9. The van der Waals surface area contributed by atoms with Crippen LogP contribution in [0, 0.1) is 10.1 Å². The number of nitro benzene ring substituents is 1. The van der Waals surface area contributed by atoms with E-state index in [4.69, 9.17) is 4.74 Å². The zero-order valence-electron chi connectivity index (χ0n) is 14.9. The quantitative estimate of drug-likeness (QED) is 0.400. The molecule has 2 aromatic carbocycles. The smallest absolute Gasteiger partial charge is 0.269 e. The second-order valence-electron chi connectivity index (χ2n) is 5.61. The minimum atomic E-state index is -0.535. The minimum Gasteiger partial charge on any atom is -0.382 e. The van der Waals surface area contributed by atoms with E-state index in [0.29, 0.717) is 37.4 Å². The van der Waals surface area contributed by atoms with Gasteiger partial charge in [-0.2, -0.15) is 0 Å². The fourth-order valence-electron chi connectivity index (χ4n) is 2.33. The molecule has 8 heteroatoms. The SMILES string of the molecule is CCOCCCNC(=O)c1ccccc1NC(=O)c1ccc([N+](=O)[O-])cc1. The molecule has 0 aliphatic heterocycles. The van der Waals surface area contributed by atoms with Gasteiger partial charge in [-0.15, -0.1) is 0 Å². The number of para-hydroxylation sites is 1. The number of anilines is 1. The van der Waals surface area contributed by atoms with E-state index in [0.717, 1.165) is 0 Å². The summed E-state index contributed by atoms with van der Waals surface area (Å²) < 4.78 is 5.22. The van der Waals surface area contributed by atoms with E-state index in [9.17, 15) is 19.7 Å². The van der Waals surface area contributed by atoms with E-state index < -0.39 is 10.8 Å². The molecule has 27 heavy (non-hydrogen) atoms. The number of hydrogen-bond donors (Lipinski definition) is 2. The van der Waals surface area contributed by atoms with Crippen LogP contribution in [-0.4, -0.2) is 36.5 Å². The summed E-state index contributed by atoms with van der Waals surface area (Å²) >= 11 is 0. The molecule has 0 bridgehead atoms. The first-order valence-corrected chi connectivity index (χ1v) is 8.53. The average Bonchev–Trinajstić information content (AvgIpc) is 2.68. The molecule has 0 atom stereocenters. The van der Waals surface area contributed by atoms with Gasteiger partial charge in [-0.1, -0.05) is 12.1 Å². The van der Waals surface area contributed by atoms with E-state index in [-0.39, 0.29) is 17.2 Å². The molecule has 0 saturated carbocycles. The summed E-state index contributed by atoms with van der Waals surface area (Å²) in [4.78, 5) is 34.9. The molecule has 2 amide bonds. The summed E-state index contributed by atoms with van der Waals surface area (Å²) in [5.41, 5.74) is 0.859. The number of nitro groups is 1. The van der Waals surface area contributed by atoms with Gasteiger partial charge in [0.1, 0.15) is 0 Å². The Balaban J connectivity index is 2.03. The summed E-state index contributed by atoms with van der Waals surface area (Å²) in [5.74, 6) is -0.757. The molecule has 2 N–H and O–H groups in total. The molecular formula is C19H21N3O5. The standard InChI is InChI=1S/C19H21N3O5/c1-2-27-13-5-12-20-19(24)16-6-3-4-7-17(16)21-18(23)14-8-10-15(11-9-14)22(25)26/h3-4,6-11H,2,5,12-13H2,1H3,(H,20,24)(H,21,23). The Morgan fingerprint density at radius 1 is 1.07 bits per heavy atom. The molecule has 0 aromatic heterocycles. The van der Waals surface area contributed by atoms with Gasteiger partial charge in [0.2, 0.25) is 0 Å². The second kappa shape index (κ2) is 10.0. The zero-order valence-corrected chi connectivity index (χ0v) is 14.9. The summed E-state index contributed by atoms with van der Waals surface area (Å²) in [6.45, 7) is 3.56. The van der Waals surface area contributed by atoms with Crippen LogP contribution in [0.5, 0.6) is 0 Å². The van der Waals surface area contributed by atoms with Crippen LogP contribution >= 0.6 is 0 Å². The highest BCUT2D eigenvalue weighted by atomic mass is 16.6. The highest BCUT2D eigenvalue weighted by Crippen LogP contribution is 2.18. The van der Waals surface area contributed by atoms with Gasteiger partial charge in [-0.25, -0.2) is 0 Å². The van der Waals surface area contributed by atoms with Gasteiger partial charge in [-0.3, -0.25) is 19.7 Å². The number of carbonyl (C=O) groups is 2. The number of ether oxygens (including phenoxy) is 1. The van der Waals surface area contributed by atoms with Gasteiger partial charge in [0.15, 0.2) is 0 Å². The molecule has 0 unspecified atom stereocenters. The lowest BCUT2D eigenvalue weighted by atomic mass is 10.1. The molecule has 8 nitrogen and oxygen atoms in total. The summed E-state index contributed by atoms with van der Waals surface area (Å²) in [7, 11) is 0. The normalized spacial score (nSPS) is 10.3. The van der Waals surface area contributed by atoms with Crippen LogP contribution in [0.2, 0.25) is 0 Å². The van der Waals surface area contributed by atoms with Crippen molar-refractivity contribution < 1.29 is 19.2 Å². The van der Waals surface area contributed by atoms with Crippen molar-refractivity contribution in [2.75, 3.05) is 25.1 Å². The predicted octanol–water partition coefficient (Wildman–Crippen LogP) is 3.00. The molecular weight excluding hydrogens is 350 g/mol. The molecule has 0 fully saturated rings. The lowest BCUT2D eigenvalue weighted by molar-refractivity contribution is -0.384. The Morgan fingerprint density at radius 3 is 2.44 bits per heavy atom. The number of nitrogens with zero attached hydrogens (tertiary/aromatic N) is 1. The van der Waals surface area contributed by atoms with Crippen LogP contribution < -0.4 is 10.6 Å². The first-order valence-electron chi connectivity index (χ1n) is 8.53. The Hall–Kier alpha value is -3.26. The molecule has 2 aromatic rings. The lowest BCUT2D eigenvalue weighted by Crippen LogP contribution is -2.26. The Bertz CT molecular complexity index is 805. The molecule has 0 spiro atoms. The van der Waals surface area contributed by atoms with Crippen LogP contribution in [0.3, 0.4) is 0 Å². The fraction of sp³-hybridized carbons (Fsp3) is 0.263. The fourth-order valence-corrected chi connectivity index (χ4v) is 2.33. The third-order valence-corrected chi connectivity index (χ3v) is 3.72. The van der Waals surface area contributed by atoms with Gasteiger partial charge >= 0.3 is 0 Å². The molecule has 0 radical (unpaired) electrons. The Kier molecular flexibility index (Phi) is 7.45. The van der Waals surface area contributed by atoms with Crippen molar-refractivity contribution in [2.45, 2.75) is 13.3 Å². The highest BCUT2D eigenvalue weighted by molar-refractivity contribution is 6.09. The molecule has 0 aliphatic carbocycles. The van der Waals surface area contributed by atoms with E-state index in [2.05, 4.69) is 10.6 Å².